The number of carbonyl (C=O) groups is 1. The van der Waals surface area contributed by atoms with Crippen molar-refractivity contribution in [1.29, 1.82) is 0 Å². The van der Waals surface area contributed by atoms with Gasteiger partial charge < -0.3 is 19.2 Å². The van der Waals surface area contributed by atoms with E-state index in [9.17, 15) is 4.79 Å². The number of hydrogen-bond acceptors (Lipinski definition) is 4. The fraction of sp³-hybridized carbons (Fsp3) is 0.261. The molecule has 3 aromatic rings. The lowest BCUT2D eigenvalue weighted by Gasteiger charge is -2.15. The highest BCUT2D eigenvalue weighted by molar-refractivity contribution is 6.01. The Bertz CT molecular complexity index is 1030. The van der Waals surface area contributed by atoms with Gasteiger partial charge in [-0.15, -0.1) is 0 Å². The molecule has 0 aliphatic rings. The molecule has 5 heteroatoms. The van der Waals surface area contributed by atoms with E-state index >= 15 is 0 Å². The first-order chi connectivity index (χ1) is 13.5. The normalized spacial score (nSPS) is 11.5. The summed E-state index contributed by atoms with van der Waals surface area (Å²) in [7, 11) is 3.26. The number of hydrogen-bond donors (Lipinski definition) is 1. The van der Waals surface area contributed by atoms with Crippen LogP contribution in [-0.4, -0.2) is 26.7 Å². The zero-order chi connectivity index (χ0) is 20.3. The lowest BCUT2D eigenvalue weighted by molar-refractivity contribution is -0.116. The quantitative estimate of drug-likeness (QED) is 0.615. The highest BCUT2D eigenvalue weighted by Crippen LogP contribution is 2.41. The van der Waals surface area contributed by atoms with Crippen molar-refractivity contribution in [2.45, 2.75) is 20.8 Å². The molecule has 0 radical (unpaired) electrons. The number of furan rings is 1. The topological polar surface area (TPSA) is 60.7 Å². The molecule has 0 fully saturated rings. The summed E-state index contributed by atoms with van der Waals surface area (Å²) < 4.78 is 17.1. The van der Waals surface area contributed by atoms with Crippen LogP contribution in [0.25, 0.3) is 27.7 Å². The molecule has 0 aliphatic carbocycles. The van der Waals surface area contributed by atoms with Crippen molar-refractivity contribution in [3.8, 4) is 22.6 Å². The minimum absolute atomic E-state index is 0.153. The zero-order valence-corrected chi connectivity index (χ0v) is 16.9. The monoisotopic (exact) mass is 379 g/mol. The summed E-state index contributed by atoms with van der Waals surface area (Å²) in [4.78, 5) is 11.9. The van der Waals surface area contributed by atoms with E-state index in [1.54, 1.807) is 26.5 Å². The van der Waals surface area contributed by atoms with E-state index in [-0.39, 0.29) is 5.91 Å². The number of allylic oxidation sites excluding steroid dienone is 1. The van der Waals surface area contributed by atoms with Crippen LogP contribution in [0.2, 0.25) is 0 Å². The molecule has 1 N–H and O–H groups in total. The molecular weight excluding hydrogens is 354 g/mol. The van der Waals surface area contributed by atoms with Crippen molar-refractivity contribution < 1.29 is 18.7 Å². The highest BCUT2D eigenvalue weighted by atomic mass is 16.5. The van der Waals surface area contributed by atoms with E-state index in [0.29, 0.717) is 6.61 Å². The van der Waals surface area contributed by atoms with Crippen LogP contribution in [0.3, 0.4) is 0 Å². The molecule has 0 unspecified atom stereocenters. The number of nitrogens with one attached hydrogen (secondary N) is 1. The first-order valence-corrected chi connectivity index (χ1v) is 9.22. The van der Waals surface area contributed by atoms with Gasteiger partial charge in [0.2, 0.25) is 5.91 Å². The van der Waals surface area contributed by atoms with Gasteiger partial charge in [0.25, 0.3) is 0 Å². The maximum absolute atomic E-state index is 11.9. The van der Waals surface area contributed by atoms with Crippen LogP contribution >= 0.6 is 0 Å². The van der Waals surface area contributed by atoms with Crippen molar-refractivity contribution in [3.63, 3.8) is 0 Å². The van der Waals surface area contributed by atoms with Crippen molar-refractivity contribution in [2.24, 2.45) is 0 Å². The zero-order valence-electron chi connectivity index (χ0n) is 16.9. The number of ether oxygens (including phenoxy) is 2. The molecule has 1 amide bonds. The van der Waals surface area contributed by atoms with Gasteiger partial charge in [0.1, 0.15) is 17.1 Å². The van der Waals surface area contributed by atoms with Gasteiger partial charge in [-0.3, -0.25) is 4.79 Å². The number of fused-ring (bicyclic) bond motifs is 1. The van der Waals surface area contributed by atoms with Gasteiger partial charge in [-0.25, -0.2) is 0 Å². The first-order valence-electron chi connectivity index (χ1n) is 9.22. The highest BCUT2D eigenvalue weighted by Gasteiger charge is 2.19. The van der Waals surface area contributed by atoms with Crippen molar-refractivity contribution in [2.75, 3.05) is 20.8 Å². The molecule has 0 saturated carbocycles. The van der Waals surface area contributed by atoms with Crippen LogP contribution in [0.4, 0.5) is 0 Å². The summed E-state index contributed by atoms with van der Waals surface area (Å²) in [5.74, 6) is 1.39. The molecule has 3 rings (SSSR count). The van der Waals surface area contributed by atoms with Crippen molar-refractivity contribution in [1.82, 2.24) is 5.32 Å². The van der Waals surface area contributed by atoms with E-state index in [4.69, 9.17) is 13.9 Å². The van der Waals surface area contributed by atoms with E-state index < -0.39 is 0 Å². The predicted molar refractivity (Wildman–Crippen MR) is 112 cm³/mol. The van der Waals surface area contributed by atoms with Crippen LogP contribution in [0.1, 0.15) is 25.0 Å². The fourth-order valence-electron chi connectivity index (χ4n) is 3.28. The Balaban J connectivity index is 2.22. The number of methoxy groups -OCH3 is 1. The van der Waals surface area contributed by atoms with E-state index in [1.807, 2.05) is 51.1 Å². The average Bonchev–Trinajstić information content (AvgIpc) is 3.14. The van der Waals surface area contributed by atoms with Crippen molar-refractivity contribution in [3.05, 3.63) is 53.8 Å². The van der Waals surface area contributed by atoms with Crippen LogP contribution in [-0.2, 0) is 4.79 Å². The number of likely N-dealkylation sites (N-methyl/N-ethyl adjacent to an activating group) is 1. The number of rotatable bonds is 6. The molecule has 0 spiro atoms. The van der Waals surface area contributed by atoms with Crippen LogP contribution < -0.4 is 14.8 Å². The Morgan fingerprint density at radius 1 is 1.25 bits per heavy atom. The Labute approximate surface area is 164 Å². The Morgan fingerprint density at radius 2 is 1.96 bits per heavy atom. The standard InChI is InChI=1S/C23H25NO4/c1-6-27-22-15(3)23-19(12-18(22)14(2)11-21(25)24-4)20(13-28-23)16-7-9-17(26-5)10-8-16/h7-13H,6H2,1-5H3,(H,24,25)/b14-11+. The van der Waals surface area contributed by atoms with Crippen LogP contribution in [0, 0.1) is 6.92 Å². The van der Waals surface area contributed by atoms with Crippen LogP contribution in [0.15, 0.2) is 47.1 Å². The summed E-state index contributed by atoms with van der Waals surface area (Å²) in [6.45, 7) is 6.35. The molecule has 0 saturated heterocycles. The second-order valence-corrected chi connectivity index (χ2v) is 6.51. The lowest BCUT2D eigenvalue weighted by atomic mass is 9.96. The summed E-state index contributed by atoms with van der Waals surface area (Å²) in [6.07, 6.45) is 3.34. The van der Waals surface area contributed by atoms with Crippen LogP contribution in [0.5, 0.6) is 11.5 Å². The Morgan fingerprint density at radius 3 is 2.57 bits per heavy atom. The van der Waals surface area contributed by atoms with E-state index in [1.165, 1.54) is 0 Å². The Kier molecular flexibility index (Phi) is 5.73. The molecule has 0 atom stereocenters. The second kappa shape index (κ2) is 8.21. The second-order valence-electron chi connectivity index (χ2n) is 6.51. The van der Waals surface area contributed by atoms with Gasteiger partial charge in [0, 0.05) is 35.2 Å². The molecule has 2 aromatic carbocycles. The first kappa shape index (κ1) is 19.5. The molecule has 0 aliphatic heterocycles. The summed E-state index contributed by atoms with van der Waals surface area (Å²) >= 11 is 0. The molecule has 1 heterocycles. The maximum atomic E-state index is 11.9. The van der Waals surface area contributed by atoms with Crippen molar-refractivity contribution >= 4 is 22.4 Å². The van der Waals surface area contributed by atoms with Gasteiger partial charge >= 0.3 is 0 Å². The molecule has 28 heavy (non-hydrogen) atoms. The van der Waals surface area contributed by atoms with Gasteiger partial charge in [0.15, 0.2) is 0 Å². The maximum Gasteiger partial charge on any atom is 0.244 e. The third kappa shape index (κ3) is 3.60. The minimum atomic E-state index is -0.153. The third-order valence-electron chi connectivity index (χ3n) is 4.75. The number of carbonyl (C=O) groups excluding carboxylic acids is 1. The number of amides is 1. The van der Waals surface area contributed by atoms with E-state index in [2.05, 4.69) is 5.32 Å². The summed E-state index contributed by atoms with van der Waals surface area (Å²) in [5, 5.41) is 3.60. The van der Waals surface area contributed by atoms with E-state index in [0.717, 1.165) is 50.3 Å². The van der Waals surface area contributed by atoms with Gasteiger partial charge in [0.05, 0.1) is 20.0 Å². The average molecular weight is 379 g/mol. The summed E-state index contributed by atoms with van der Waals surface area (Å²) in [6, 6.07) is 9.88. The lowest BCUT2D eigenvalue weighted by Crippen LogP contribution is -2.14. The van der Waals surface area contributed by atoms with Gasteiger partial charge in [-0.05, 0) is 50.1 Å². The summed E-state index contributed by atoms with van der Waals surface area (Å²) in [5.41, 5.74) is 5.42. The molecular formula is C23H25NO4. The SMILES string of the molecule is CCOc1c(/C(C)=C/C(=O)NC)cc2c(-c3ccc(OC)cc3)coc2c1C. The largest absolute Gasteiger partial charge is 0.497 e. The number of aryl methyl sites for hydroxylation is 1. The molecule has 0 bridgehead atoms. The fourth-order valence-corrected chi connectivity index (χ4v) is 3.28. The minimum Gasteiger partial charge on any atom is -0.497 e. The van der Waals surface area contributed by atoms with Gasteiger partial charge in [-0.1, -0.05) is 12.1 Å². The smallest absolute Gasteiger partial charge is 0.244 e. The molecule has 5 nitrogen and oxygen atoms in total. The molecule has 146 valence electrons. The van der Waals surface area contributed by atoms with Gasteiger partial charge in [-0.2, -0.15) is 0 Å². The molecule has 1 aromatic heterocycles. The Hall–Kier alpha value is -3.21. The predicted octanol–water partition coefficient (Wildman–Crippen LogP) is 4.96. The third-order valence-corrected chi connectivity index (χ3v) is 4.75. The number of benzene rings is 2.